The van der Waals surface area contributed by atoms with E-state index in [2.05, 4.69) is 18.2 Å². The average Bonchev–Trinajstić information content (AvgIpc) is 2.70. The molecule has 0 heterocycles. The molecule has 0 bridgehead atoms. The SMILES string of the molecule is NC1C=Cc2ccccc21.O=C(O)CCC(=O)O. The van der Waals surface area contributed by atoms with Crippen LogP contribution in [0.1, 0.15) is 30.0 Å². The Labute approximate surface area is 105 Å². The van der Waals surface area contributed by atoms with Crippen molar-refractivity contribution in [1.82, 2.24) is 0 Å². The number of aliphatic carboxylic acids is 2. The molecule has 1 aliphatic carbocycles. The molecule has 2 rings (SSSR count). The molecule has 1 aromatic rings. The van der Waals surface area contributed by atoms with E-state index in [0.717, 1.165) is 0 Å². The van der Waals surface area contributed by atoms with Gasteiger partial charge in [0.2, 0.25) is 0 Å². The molecule has 0 saturated carbocycles. The van der Waals surface area contributed by atoms with E-state index in [9.17, 15) is 9.59 Å². The van der Waals surface area contributed by atoms with Gasteiger partial charge >= 0.3 is 11.9 Å². The van der Waals surface area contributed by atoms with Crippen LogP contribution in [-0.2, 0) is 9.59 Å². The fourth-order valence-electron chi connectivity index (χ4n) is 1.49. The van der Waals surface area contributed by atoms with Crippen LogP contribution in [0, 0.1) is 0 Å². The van der Waals surface area contributed by atoms with E-state index in [1.807, 2.05) is 18.2 Å². The summed E-state index contributed by atoms with van der Waals surface area (Å²) in [6.45, 7) is 0. The minimum Gasteiger partial charge on any atom is -0.481 e. The van der Waals surface area contributed by atoms with E-state index in [4.69, 9.17) is 15.9 Å². The van der Waals surface area contributed by atoms with Crippen molar-refractivity contribution in [2.75, 3.05) is 0 Å². The first-order valence-electron chi connectivity index (χ1n) is 5.47. The maximum Gasteiger partial charge on any atom is 0.303 e. The molecule has 0 aromatic heterocycles. The van der Waals surface area contributed by atoms with Crippen LogP contribution in [0.3, 0.4) is 0 Å². The van der Waals surface area contributed by atoms with Crippen molar-refractivity contribution in [3.63, 3.8) is 0 Å². The smallest absolute Gasteiger partial charge is 0.303 e. The van der Waals surface area contributed by atoms with E-state index in [1.165, 1.54) is 11.1 Å². The van der Waals surface area contributed by atoms with Gasteiger partial charge in [0.25, 0.3) is 0 Å². The number of carboxylic acids is 2. The summed E-state index contributed by atoms with van der Waals surface area (Å²) in [5, 5.41) is 15.8. The monoisotopic (exact) mass is 249 g/mol. The highest BCUT2D eigenvalue weighted by Gasteiger charge is 2.10. The number of carbonyl (C=O) groups is 2. The molecule has 18 heavy (non-hydrogen) atoms. The first-order valence-corrected chi connectivity index (χ1v) is 5.47. The first-order chi connectivity index (χ1) is 8.50. The van der Waals surface area contributed by atoms with Crippen molar-refractivity contribution in [2.45, 2.75) is 18.9 Å². The Balaban J connectivity index is 0.000000187. The van der Waals surface area contributed by atoms with Crippen molar-refractivity contribution in [3.8, 4) is 0 Å². The fourth-order valence-corrected chi connectivity index (χ4v) is 1.49. The van der Waals surface area contributed by atoms with E-state index in [-0.39, 0.29) is 18.9 Å². The van der Waals surface area contributed by atoms with Crippen molar-refractivity contribution < 1.29 is 19.8 Å². The lowest BCUT2D eigenvalue weighted by atomic mass is 10.1. The lowest BCUT2D eigenvalue weighted by Crippen LogP contribution is -2.03. The summed E-state index contributed by atoms with van der Waals surface area (Å²) in [5.74, 6) is -2.15. The van der Waals surface area contributed by atoms with Crippen LogP contribution in [0.25, 0.3) is 6.08 Å². The summed E-state index contributed by atoms with van der Waals surface area (Å²) in [7, 11) is 0. The van der Waals surface area contributed by atoms with Gasteiger partial charge in [0, 0.05) is 6.04 Å². The summed E-state index contributed by atoms with van der Waals surface area (Å²) in [5.41, 5.74) is 8.26. The van der Waals surface area contributed by atoms with E-state index >= 15 is 0 Å². The van der Waals surface area contributed by atoms with Gasteiger partial charge in [-0.2, -0.15) is 0 Å². The highest BCUT2D eigenvalue weighted by Crippen LogP contribution is 2.24. The fraction of sp³-hybridized carbons (Fsp3) is 0.231. The predicted molar refractivity (Wildman–Crippen MR) is 66.9 cm³/mol. The average molecular weight is 249 g/mol. The van der Waals surface area contributed by atoms with Crippen LogP contribution in [0.2, 0.25) is 0 Å². The first kappa shape index (κ1) is 13.9. The second kappa shape index (κ2) is 6.56. The van der Waals surface area contributed by atoms with E-state index in [1.54, 1.807) is 0 Å². The Hall–Kier alpha value is -2.14. The van der Waals surface area contributed by atoms with Gasteiger partial charge in [-0.15, -0.1) is 0 Å². The van der Waals surface area contributed by atoms with Gasteiger partial charge in [-0.25, -0.2) is 0 Å². The van der Waals surface area contributed by atoms with Crippen LogP contribution in [0.15, 0.2) is 30.3 Å². The van der Waals surface area contributed by atoms with Gasteiger partial charge in [-0.1, -0.05) is 36.4 Å². The minimum atomic E-state index is -1.08. The number of fused-ring (bicyclic) bond motifs is 1. The van der Waals surface area contributed by atoms with Gasteiger partial charge in [0.05, 0.1) is 12.8 Å². The highest BCUT2D eigenvalue weighted by atomic mass is 16.4. The maximum absolute atomic E-state index is 9.64. The molecule has 0 radical (unpaired) electrons. The molecule has 1 atom stereocenters. The third-order valence-corrected chi connectivity index (χ3v) is 2.39. The lowest BCUT2D eigenvalue weighted by Gasteiger charge is -2.01. The quantitative estimate of drug-likeness (QED) is 0.756. The summed E-state index contributed by atoms with van der Waals surface area (Å²) >= 11 is 0. The normalized spacial score (nSPS) is 15.5. The van der Waals surface area contributed by atoms with Crippen LogP contribution in [-0.4, -0.2) is 22.2 Å². The zero-order valence-electron chi connectivity index (χ0n) is 9.74. The van der Waals surface area contributed by atoms with Crippen molar-refractivity contribution >= 4 is 18.0 Å². The van der Waals surface area contributed by atoms with Gasteiger partial charge in [-0.05, 0) is 11.1 Å². The largest absolute Gasteiger partial charge is 0.481 e. The summed E-state index contributed by atoms with van der Waals surface area (Å²) < 4.78 is 0. The van der Waals surface area contributed by atoms with Gasteiger partial charge in [-0.3, -0.25) is 9.59 Å². The highest BCUT2D eigenvalue weighted by molar-refractivity contribution is 5.75. The topological polar surface area (TPSA) is 101 Å². The van der Waals surface area contributed by atoms with Crippen molar-refractivity contribution in [2.24, 2.45) is 5.73 Å². The van der Waals surface area contributed by atoms with Gasteiger partial charge in [0.1, 0.15) is 0 Å². The molecule has 1 aliphatic rings. The number of carboxylic acid groups (broad SMARTS) is 2. The predicted octanol–water partition coefficient (Wildman–Crippen LogP) is 1.65. The van der Waals surface area contributed by atoms with Crippen LogP contribution < -0.4 is 5.73 Å². The molecule has 5 heteroatoms. The van der Waals surface area contributed by atoms with Gasteiger partial charge in [0.15, 0.2) is 0 Å². The third kappa shape index (κ3) is 4.39. The zero-order chi connectivity index (χ0) is 13.5. The van der Waals surface area contributed by atoms with Crippen LogP contribution >= 0.6 is 0 Å². The zero-order valence-corrected chi connectivity index (χ0v) is 9.74. The number of hydrogen-bond donors (Lipinski definition) is 3. The van der Waals surface area contributed by atoms with E-state index in [0.29, 0.717) is 0 Å². The Morgan fingerprint density at radius 1 is 1.11 bits per heavy atom. The maximum atomic E-state index is 9.64. The molecular weight excluding hydrogens is 234 g/mol. The summed E-state index contributed by atoms with van der Waals surface area (Å²) in [6.07, 6.45) is 3.50. The minimum absolute atomic E-state index is 0.121. The third-order valence-electron chi connectivity index (χ3n) is 2.39. The molecule has 0 amide bonds. The molecule has 0 saturated heterocycles. The van der Waals surface area contributed by atoms with Crippen LogP contribution in [0.5, 0.6) is 0 Å². The van der Waals surface area contributed by atoms with Crippen LogP contribution in [0.4, 0.5) is 0 Å². The standard InChI is InChI=1S/C9H9N.C4H6O4/c10-9-6-5-7-3-1-2-4-8(7)9;5-3(6)1-2-4(7)8/h1-6,9H,10H2;1-2H2,(H,5,6)(H,7,8). The Bertz CT molecular complexity index is 454. The summed E-state index contributed by atoms with van der Waals surface area (Å²) in [4.78, 5) is 19.3. The molecule has 0 spiro atoms. The number of rotatable bonds is 3. The molecule has 96 valence electrons. The molecule has 0 aliphatic heterocycles. The molecule has 1 unspecified atom stereocenters. The second-order valence-corrected chi connectivity index (χ2v) is 3.80. The Kier molecular flexibility index (Phi) is 5.07. The summed E-state index contributed by atoms with van der Waals surface area (Å²) in [6, 6.07) is 8.32. The molecular formula is C13H15NO4. The Morgan fingerprint density at radius 2 is 1.67 bits per heavy atom. The lowest BCUT2D eigenvalue weighted by molar-refractivity contribution is -0.143. The van der Waals surface area contributed by atoms with Crippen molar-refractivity contribution in [3.05, 3.63) is 41.5 Å². The van der Waals surface area contributed by atoms with E-state index < -0.39 is 11.9 Å². The number of nitrogens with two attached hydrogens (primary N) is 1. The van der Waals surface area contributed by atoms with Crippen molar-refractivity contribution in [1.29, 1.82) is 0 Å². The number of hydrogen-bond acceptors (Lipinski definition) is 3. The van der Waals surface area contributed by atoms with Gasteiger partial charge < -0.3 is 15.9 Å². The molecule has 0 fully saturated rings. The molecule has 1 aromatic carbocycles. The Morgan fingerprint density at radius 3 is 2.17 bits per heavy atom. The molecule has 5 nitrogen and oxygen atoms in total. The second-order valence-electron chi connectivity index (χ2n) is 3.80. The number of benzene rings is 1. The molecule has 4 N–H and O–H groups in total.